The van der Waals surface area contributed by atoms with Crippen molar-refractivity contribution in [2.75, 3.05) is 12.3 Å². The summed E-state index contributed by atoms with van der Waals surface area (Å²) in [4.78, 5) is 17.8. The van der Waals surface area contributed by atoms with Gasteiger partial charge in [-0.2, -0.15) is 0 Å². The van der Waals surface area contributed by atoms with Gasteiger partial charge in [0.1, 0.15) is 0 Å². The molecule has 1 aromatic heterocycles. The minimum absolute atomic E-state index is 0.0135. The first-order valence-electron chi connectivity index (χ1n) is 13.7. The topological polar surface area (TPSA) is 46.9 Å². The highest BCUT2D eigenvalue weighted by Crippen LogP contribution is 2.36. The maximum Gasteiger partial charge on any atom is 0.251 e. The molecule has 0 unspecified atom stereocenters. The number of carbonyl (C=O) groups excluding carboxylic acids is 1. The highest BCUT2D eigenvalue weighted by Gasteiger charge is 2.19. The zero-order valence-electron chi connectivity index (χ0n) is 22.9. The zero-order chi connectivity index (χ0) is 27.2. The molecule has 0 saturated heterocycles. The molecular weight excluding hydrogens is 498 g/mol. The van der Waals surface area contributed by atoms with Crippen molar-refractivity contribution in [1.29, 1.82) is 0 Å². The van der Waals surface area contributed by atoms with Gasteiger partial charge >= 0.3 is 0 Å². The summed E-state index contributed by atoms with van der Waals surface area (Å²) in [5, 5.41) is 6.36. The van der Waals surface area contributed by atoms with Crippen LogP contribution in [0.15, 0.2) is 96.2 Å². The molecule has 0 radical (unpaired) electrons. The molecule has 39 heavy (non-hydrogen) atoms. The average Bonchev–Trinajstić information content (AvgIpc) is 3.33. The van der Waals surface area contributed by atoms with E-state index in [0.29, 0.717) is 12.1 Å². The predicted molar refractivity (Wildman–Crippen MR) is 164 cm³/mol. The smallest absolute Gasteiger partial charge is 0.251 e. The molecule has 198 valence electrons. The van der Waals surface area contributed by atoms with E-state index in [-0.39, 0.29) is 5.91 Å². The van der Waals surface area contributed by atoms with Crippen molar-refractivity contribution in [3.8, 4) is 22.5 Å². The minimum Gasteiger partial charge on any atom is -0.352 e. The number of fused-ring (bicyclic) bond motifs is 1. The van der Waals surface area contributed by atoms with E-state index in [1.165, 1.54) is 22.4 Å². The predicted octanol–water partition coefficient (Wildman–Crippen LogP) is 8.31. The largest absolute Gasteiger partial charge is 0.352 e. The molecule has 0 bridgehead atoms. The molecule has 5 aromatic rings. The summed E-state index contributed by atoms with van der Waals surface area (Å²) >= 11 is 1.80. The van der Waals surface area contributed by atoms with Crippen LogP contribution in [0.5, 0.6) is 0 Å². The molecule has 0 saturated carbocycles. The molecule has 0 spiro atoms. The molecule has 5 rings (SSSR count). The molecule has 1 amide bonds. The van der Waals surface area contributed by atoms with Gasteiger partial charge in [0.05, 0.1) is 11.4 Å². The third-order valence-corrected chi connectivity index (χ3v) is 8.06. The molecule has 0 aliphatic rings. The fourth-order valence-corrected chi connectivity index (χ4v) is 5.84. The van der Waals surface area contributed by atoms with E-state index in [4.69, 9.17) is 4.98 Å². The number of rotatable bonds is 10. The number of thioether (sulfide) groups is 1. The molecule has 0 fully saturated rings. The normalized spacial score (nSPS) is 11.2. The van der Waals surface area contributed by atoms with Gasteiger partial charge in [0.2, 0.25) is 0 Å². The third-order valence-electron chi connectivity index (χ3n) is 7.00. The van der Waals surface area contributed by atoms with Crippen molar-refractivity contribution < 1.29 is 4.79 Å². The Kier molecular flexibility index (Phi) is 8.48. The molecule has 0 aliphatic carbocycles. The van der Waals surface area contributed by atoms with Crippen LogP contribution in [0.25, 0.3) is 33.3 Å². The molecule has 1 heterocycles. The second-order valence-corrected chi connectivity index (χ2v) is 11.0. The lowest BCUT2D eigenvalue weighted by atomic mass is 10.0. The Bertz CT molecular complexity index is 1570. The van der Waals surface area contributed by atoms with Gasteiger partial charge < -0.3 is 9.88 Å². The monoisotopic (exact) mass is 533 g/mol. The second-order valence-electron chi connectivity index (χ2n) is 9.94. The van der Waals surface area contributed by atoms with Gasteiger partial charge in [-0.05, 0) is 56.5 Å². The van der Waals surface area contributed by atoms with E-state index in [1.54, 1.807) is 11.8 Å². The Morgan fingerprint density at radius 1 is 0.821 bits per heavy atom. The van der Waals surface area contributed by atoms with Crippen molar-refractivity contribution >= 4 is 28.4 Å². The number of aromatic nitrogens is 2. The Hall–Kier alpha value is -3.83. The number of carbonyl (C=O) groups is 1. The number of benzene rings is 4. The Balaban J connectivity index is 1.23. The van der Waals surface area contributed by atoms with Crippen molar-refractivity contribution in [3.63, 3.8) is 0 Å². The second kappa shape index (κ2) is 12.4. The van der Waals surface area contributed by atoms with Gasteiger partial charge in [0.15, 0.2) is 5.16 Å². The Morgan fingerprint density at radius 2 is 1.49 bits per heavy atom. The highest BCUT2D eigenvalue weighted by atomic mass is 32.2. The van der Waals surface area contributed by atoms with E-state index in [1.807, 2.05) is 36.4 Å². The summed E-state index contributed by atoms with van der Waals surface area (Å²) in [6.45, 7) is 7.93. The SMILES string of the molecule is CCn1c(SCCCCNC(=O)c2ccc3ccccc3c2)nc(-c2ccc(C)cc2)c1-c1ccc(C)cc1. The van der Waals surface area contributed by atoms with Gasteiger partial charge in [0, 0.05) is 35.5 Å². The lowest BCUT2D eigenvalue weighted by Crippen LogP contribution is -2.24. The van der Waals surface area contributed by atoms with E-state index in [9.17, 15) is 4.79 Å². The quantitative estimate of drug-likeness (QED) is 0.145. The minimum atomic E-state index is -0.0135. The van der Waals surface area contributed by atoms with Crippen LogP contribution in [0.2, 0.25) is 0 Å². The van der Waals surface area contributed by atoms with Crippen LogP contribution in [-0.4, -0.2) is 27.8 Å². The number of nitrogens with zero attached hydrogens (tertiary/aromatic N) is 2. The van der Waals surface area contributed by atoms with Crippen LogP contribution < -0.4 is 5.32 Å². The van der Waals surface area contributed by atoms with Crippen LogP contribution in [0.3, 0.4) is 0 Å². The summed E-state index contributed by atoms with van der Waals surface area (Å²) in [5.74, 6) is 0.934. The standard InChI is InChI=1S/C34H35N3OS/c1-4-37-32(28-17-13-25(3)14-18-28)31(27-15-11-24(2)12-16-27)36-34(37)39-22-8-7-21-35-33(38)30-20-19-26-9-5-6-10-29(26)23-30/h5-6,9-20,23H,4,7-8,21-22H2,1-3H3,(H,35,38). The molecule has 1 N–H and O–H groups in total. The number of imidazole rings is 1. The first kappa shape index (κ1) is 26.8. The van der Waals surface area contributed by atoms with Crippen molar-refractivity contribution in [2.24, 2.45) is 0 Å². The highest BCUT2D eigenvalue weighted by molar-refractivity contribution is 7.99. The van der Waals surface area contributed by atoms with E-state index in [2.05, 4.69) is 85.3 Å². The van der Waals surface area contributed by atoms with Crippen LogP contribution >= 0.6 is 11.8 Å². The lowest BCUT2D eigenvalue weighted by Gasteiger charge is -2.11. The number of aryl methyl sites for hydroxylation is 2. The van der Waals surface area contributed by atoms with Gasteiger partial charge in [-0.3, -0.25) is 4.79 Å². The van der Waals surface area contributed by atoms with Crippen molar-refractivity contribution in [3.05, 3.63) is 108 Å². The third kappa shape index (κ3) is 6.26. The number of hydrogen-bond donors (Lipinski definition) is 1. The van der Waals surface area contributed by atoms with E-state index >= 15 is 0 Å². The Labute approximate surface area is 235 Å². The molecular formula is C34H35N3OS. The van der Waals surface area contributed by atoms with Crippen molar-refractivity contribution in [2.45, 2.75) is 45.3 Å². The van der Waals surface area contributed by atoms with Crippen LogP contribution in [-0.2, 0) is 6.54 Å². The summed E-state index contributed by atoms with van der Waals surface area (Å²) in [7, 11) is 0. The number of nitrogens with one attached hydrogen (secondary N) is 1. The van der Waals surface area contributed by atoms with Crippen molar-refractivity contribution in [1.82, 2.24) is 14.9 Å². The van der Waals surface area contributed by atoms with Gasteiger partial charge in [0.25, 0.3) is 5.91 Å². The number of unbranched alkanes of at least 4 members (excludes halogenated alkanes) is 1. The number of amides is 1. The molecule has 0 atom stereocenters. The van der Waals surface area contributed by atoms with Crippen LogP contribution in [0, 0.1) is 13.8 Å². The molecule has 4 aromatic carbocycles. The van der Waals surface area contributed by atoms with Crippen LogP contribution in [0.1, 0.15) is 41.3 Å². The Morgan fingerprint density at radius 3 is 2.18 bits per heavy atom. The number of hydrogen-bond acceptors (Lipinski definition) is 3. The van der Waals surface area contributed by atoms with Crippen LogP contribution in [0.4, 0.5) is 0 Å². The summed E-state index contributed by atoms with van der Waals surface area (Å²) in [6, 6.07) is 31.3. The zero-order valence-corrected chi connectivity index (χ0v) is 23.7. The molecule has 4 nitrogen and oxygen atoms in total. The molecule has 5 heteroatoms. The molecule has 0 aliphatic heterocycles. The average molecular weight is 534 g/mol. The lowest BCUT2D eigenvalue weighted by molar-refractivity contribution is 0.0953. The first-order chi connectivity index (χ1) is 19.0. The van der Waals surface area contributed by atoms with Gasteiger partial charge in [-0.25, -0.2) is 4.98 Å². The summed E-state index contributed by atoms with van der Waals surface area (Å²) in [6.07, 6.45) is 1.92. The van der Waals surface area contributed by atoms with Gasteiger partial charge in [-0.1, -0.05) is 102 Å². The summed E-state index contributed by atoms with van der Waals surface area (Å²) < 4.78 is 2.34. The van der Waals surface area contributed by atoms with Gasteiger partial charge in [-0.15, -0.1) is 0 Å². The summed E-state index contributed by atoms with van der Waals surface area (Å²) in [5.41, 5.74) is 7.74. The fraction of sp³-hybridized carbons (Fsp3) is 0.235. The fourth-order valence-electron chi connectivity index (χ4n) is 4.78. The first-order valence-corrected chi connectivity index (χ1v) is 14.7. The van der Waals surface area contributed by atoms with E-state index < -0.39 is 0 Å². The maximum absolute atomic E-state index is 12.6. The maximum atomic E-state index is 12.6. The van der Waals surface area contributed by atoms with E-state index in [0.717, 1.165) is 52.3 Å².